The van der Waals surface area contributed by atoms with Crippen molar-refractivity contribution in [2.24, 2.45) is 5.16 Å². The van der Waals surface area contributed by atoms with Gasteiger partial charge in [0.25, 0.3) is 0 Å². The van der Waals surface area contributed by atoms with Gasteiger partial charge in [-0.25, -0.2) is 9.78 Å². The number of pyridine rings is 1. The van der Waals surface area contributed by atoms with Crippen molar-refractivity contribution in [3.8, 4) is 0 Å². The van der Waals surface area contributed by atoms with E-state index in [-0.39, 0.29) is 18.9 Å². The van der Waals surface area contributed by atoms with E-state index in [1.165, 1.54) is 11.3 Å². The Hall–Kier alpha value is -3.26. The fourth-order valence-corrected chi connectivity index (χ4v) is 2.96. The van der Waals surface area contributed by atoms with Gasteiger partial charge in [-0.2, -0.15) is 0 Å². The van der Waals surface area contributed by atoms with Crippen LogP contribution in [0.1, 0.15) is 23.9 Å². The predicted molar refractivity (Wildman–Crippen MR) is 108 cm³/mol. The van der Waals surface area contributed by atoms with Crippen LogP contribution >= 0.6 is 11.3 Å². The van der Waals surface area contributed by atoms with Crippen LogP contribution in [0.5, 0.6) is 0 Å². The number of hydrogen-bond acceptors (Lipinski definition) is 8. The van der Waals surface area contributed by atoms with E-state index in [1.54, 1.807) is 18.5 Å². The number of anilines is 1. The summed E-state index contributed by atoms with van der Waals surface area (Å²) in [6, 6.07) is 15.3. The van der Waals surface area contributed by atoms with Crippen molar-refractivity contribution in [1.29, 1.82) is 0 Å². The Morgan fingerprint density at radius 2 is 2.00 bits per heavy atom. The lowest BCUT2D eigenvalue weighted by Crippen LogP contribution is -2.20. The maximum Gasteiger partial charge on any atom is 0.362 e. The molecule has 7 nitrogen and oxygen atoms in total. The normalized spacial score (nSPS) is 11.1. The van der Waals surface area contributed by atoms with Crippen molar-refractivity contribution in [2.45, 2.75) is 20.1 Å². The maximum absolute atomic E-state index is 12.3. The van der Waals surface area contributed by atoms with E-state index in [0.29, 0.717) is 17.4 Å². The lowest BCUT2D eigenvalue weighted by atomic mass is 10.2. The van der Waals surface area contributed by atoms with E-state index in [0.717, 1.165) is 11.3 Å². The summed E-state index contributed by atoms with van der Waals surface area (Å²) < 4.78 is 5.08. The Labute approximate surface area is 167 Å². The van der Waals surface area contributed by atoms with Crippen LogP contribution in [-0.2, 0) is 27.5 Å². The number of ether oxygens (including phenoxy) is 1. The van der Waals surface area contributed by atoms with Crippen LogP contribution in [0.15, 0.2) is 65.3 Å². The molecule has 0 aliphatic carbocycles. The Kier molecular flexibility index (Phi) is 7.08. The van der Waals surface area contributed by atoms with E-state index in [4.69, 9.17) is 9.57 Å². The number of oxime groups is 1. The van der Waals surface area contributed by atoms with Gasteiger partial charge in [-0.15, -0.1) is 11.3 Å². The third kappa shape index (κ3) is 5.62. The Morgan fingerprint density at radius 1 is 1.18 bits per heavy atom. The average molecular weight is 396 g/mol. The molecule has 8 heteroatoms. The van der Waals surface area contributed by atoms with Crippen molar-refractivity contribution in [3.05, 3.63) is 77.1 Å². The molecule has 0 amide bonds. The van der Waals surface area contributed by atoms with Crippen LogP contribution in [0.3, 0.4) is 0 Å². The summed E-state index contributed by atoms with van der Waals surface area (Å²) in [4.78, 5) is 26.3. The van der Waals surface area contributed by atoms with Gasteiger partial charge in [0.1, 0.15) is 12.3 Å². The van der Waals surface area contributed by atoms with Crippen LogP contribution in [0.2, 0.25) is 0 Å². The monoisotopic (exact) mass is 396 g/mol. The molecule has 0 unspecified atom stereocenters. The first-order valence-electron chi connectivity index (χ1n) is 8.77. The second-order valence-corrected chi connectivity index (χ2v) is 6.49. The van der Waals surface area contributed by atoms with Crippen molar-refractivity contribution < 1.29 is 14.4 Å². The first kappa shape index (κ1) is 19.5. The molecule has 0 atom stereocenters. The highest BCUT2D eigenvalue weighted by molar-refractivity contribution is 7.14. The van der Waals surface area contributed by atoms with Crippen LogP contribution in [0, 0.1) is 0 Å². The van der Waals surface area contributed by atoms with Crippen LogP contribution in [0.4, 0.5) is 5.13 Å². The largest absolute Gasteiger partial charge is 0.461 e. The van der Waals surface area contributed by atoms with Gasteiger partial charge in [-0.05, 0) is 24.6 Å². The summed E-state index contributed by atoms with van der Waals surface area (Å²) in [6.45, 7) is 2.76. The molecule has 3 aromatic rings. The van der Waals surface area contributed by atoms with Gasteiger partial charge in [0.2, 0.25) is 5.71 Å². The zero-order chi connectivity index (χ0) is 19.6. The van der Waals surface area contributed by atoms with E-state index in [2.05, 4.69) is 20.4 Å². The first-order valence-corrected chi connectivity index (χ1v) is 9.65. The molecular formula is C20H20N4O3S. The van der Waals surface area contributed by atoms with Gasteiger partial charge in [0, 0.05) is 11.6 Å². The number of carbonyl (C=O) groups is 1. The lowest BCUT2D eigenvalue weighted by molar-refractivity contribution is -0.135. The molecule has 0 saturated carbocycles. The van der Waals surface area contributed by atoms with E-state index < -0.39 is 5.97 Å². The summed E-state index contributed by atoms with van der Waals surface area (Å²) in [5.74, 6) is -0.572. The molecule has 0 aliphatic rings. The Bertz CT molecular complexity index is 913. The highest BCUT2D eigenvalue weighted by Crippen LogP contribution is 2.18. The molecule has 0 aliphatic heterocycles. The van der Waals surface area contributed by atoms with E-state index >= 15 is 0 Å². The Morgan fingerprint density at radius 3 is 2.75 bits per heavy atom. The molecule has 1 aromatic carbocycles. The van der Waals surface area contributed by atoms with E-state index in [9.17, 15) is 4.79 Å². The minimum atomic E-state index is -0.572. The summed E-state index contributed by atoms with van der Waals surface area (Å²) in [6.07, 6.45) is 1.74. The molecule has 2 aromatic heterocycles. The number of rotatable bonds is 9. The smallest absolute Gasteiger partial charge is 0.362 e. The SMILES string of the molecule is CCOC(=O)/C(=N\OCc1ccccc1)c1csc(NCc2ccccn2)n1. The fraction of sp³-hybridized carbons (Fsp3) is 0.200. The molecule has 0 saturated heterocycles. The number of nitrogens with one attached hydrogen (secondary N) is 1. The highest BCUT2D eigenvalue weighted by atomic mass is 32.1. The topological polar surface area (TPSA) is 85.7 Å². The molecule has 2 heterocycles. The van der Waals surface area contributed by atoms with Gasteiger partial charge in [0.05, 0.1) is 18.8 Å². The number of esters is 1. The molecule has 28 heavy (non-hydrogen) atoms. The second kappa shape index (κ2) is 10.2. The standard InChI is InChI=1S/C20H20N4O3S/c1-2-26-19(25)18(24-27-13-15-8-4-3-5-9-15)17-14-28-20(23-17)22-12-16-10-6-7-11-21-16/h3-11,14H,2,12-13H2,1H3,(H,22,23)/b24-18-. The molecule has 144 valence electrons. The molecule has 3 rings (SSSR count). The number of benzene rings is 1. The number of carbonyl (C=O) groups excluding carboxylic acids is 1. The fourth-order valence-electron chi connectivity index (χ4n) is 2.27. The number of nitrogens with zero attached hydrogens (tertiary/aromatic N) is 3. The summed E-state index contributed by atoms with van der Waals surface area (Å²) in [5.41, 5.74) is 2.29. The Balaban J connectivity index is 1.68. The third-order valence-electron chi connectivity index (χ3n) is 3.59. The molecule has 1 N–H and O–H groups in total. The summed E-state index contributed by atoms with van der Waals surface area (Å²) in [5, 5.41) is 9.56. The molecule has 0 bridgehead atoms. The molecule has 0 fully saturated rings. The van der Waals surface area contributed by atoms with Gasteiger partial charge in [-0.1, -0.05) is 41.6 Å². The predicted octanol–water partition coefficient (Wildman–Crippen LogP) is 3.63. The van der Waals surface area contributed by atoms with E-state index in [1.807, 2.05) is 48.5 Å². The zero-order valence-corrected chi connectivity index (χ0v) is 16.2. The van der Waals surface area contributed by atoms with Gasteiger partial charge in [-0.3, -0.25) is 4.98 Å². The van der Waals surface area contributed by atoms with Gasteiger partial charge < -0.3 is 14.9 Å². The zero-order valence-electron chi connectivity index (χ0n) is 15.4. The minimum absolute atomic E-state index is 0.0416. The quantitative estimate of drug-likeness (QED) is 0.338. The highest BCUT2D eigenvalue weighted by Gasteiger charge is 2.20. The van der Waals surface area contributed by atoms with Crippen molar-refractivity contribution in [1.82, 2.24) is 9.97 Å². The van der Waals surface area contributed by atoms with Crippen molar-refractivity contribution >= 4 is 28.1 Å². The molecular weight excluding hydrogens is 376 g/mol. The minimum Gasteiger partial charge on any atom is -0.461 e. The van der Waals surface area contributed by atoms with Gasteiger partial charge in [0.15, 0.2) is 5.13 Å². The van der Waals surface area contributed by atoms with Crippen molar-refractivity contribution in [2.75, 3.05) is 11.9 Å². The second-order valence-electron chi connectivity index (χ2n) is 5.63. The molecule has 0 radical (unpaired) electrons. The number of thiazole rings is 1. The third-order valence-corrected chi connectivity index (χ3v) is 4.39. The maximum atomic E-state index is 12.3. The van der Waals surface area contributed by atoms with Crippen molar-refractivity contribution in [3.63, 3.8) is 0 Å². The average Bonchev–Trinajstić information content (AvgIpc) is 3.20. The first-order chi connectivity index (χ1) is 13.8. The number of hydrogen-bond donors (Lipinski definition) is 1. The van der Waals surface area contributed by atoms with Crippen LogP contribution in [0.25, 0.3) is 0 Å². The lowest BCUT2D eigenvalue weighted by Gasteiger charge is -2.05. The summed E-state index contributed by atoms with van der Waals surface area (Å²) in [7, 11) is 0. The number of aromatic nitrogens is 2. The summed E-state index contributed by atoms with van der Waals surface area (Å²) >= 11 is 1.37. The molecule has 0 spiro atoms. The van der Waals surface area contributed by atoms with Gasteiger partial charge >= 0.3 is 5.97 Å². The van der Waals surface area contributed by atoms with Crippen LogP contribution in [-0.4, -0.2) is 28.3 Å². The van der Waals surface area contributed by atoms with Crippen LogP contribution < -0.4 is 5.32 Å².